The van der Waals surface area contributed by atoms with E-state index < -0.39 is 18.1 Å². The number of nitrogens with zero attached hydrogens (tertiary/aromatic N) is 1. The van der Waals surface area contributed by atoms with Gasteiger partial charge in [0, 0.05) is 5.56 Å². The van der Waals surface area contributed by atoms with Gasteiger partial charge in [0.15, 0.2) is 22.9 Å². The molecule has 1 aromatic carbocycles. The van der Waals surface area contributed by atoms with Crippen LogP contribution in [0.25, 0.3) is 12.2 Å². The number of aromatic nitrogens is 2. The summed E-state index contributed by atoms with van der Waals surface area (Å²) in [5, 5.41) is 17.9. The highest BCUT2D eigenvalue weighted by Gasteiger charge is 2.11. The molecule has 0 aliphatic heterocycles. The molecule has 9 heteroatoms. The van der Waals surface area contributed by atoms with Gasteiger partial charge < -0.3 is 19.6 Å². The number of aromatic amines is 2. The summed E-state index contributed by atoms with van der Waals surface area (Å²) in [6.45, 7) is -0.544. The number of ether oxygens (including phenoxy) is 2. The Morgan fingerprint density at radius 2 is 2.16 bits per heavy atom. The van der Waals surface area contributed by atoms with Gasteiger partial charge in [0.05, 0.1) is 12.8 Å². The number of methoxy groups -OCH3 is 1. The van der Waals surface area contributed by atoms with Crippen LogP contribution in [0.3, 0.4) is 0 Å². The Labute approximate surface area is 147 Å². The monoisotopic (exact) mass is 359 g/mol. The number of carboxylic acid groups (broad SMARTS) is 1. The van der Waals surface area contributed by atoms with Gasteiger partial charge in [-0.05, 0) is 30.4 Å². The van der Waals surface area contributed by atoms with Gasteiger partial charge in [0.2, 0.25) is 0 Å². The van der Waals surface area contributed by atoms with Gasteiger partial charge in [-0.3, -0.25) is 9.78 Å². The van der Waals surface area contributed by atoms with Gasteiger partial charge in [-0.15, -0.1) is 0 Å². The van der Waals surface area contributed by atoms with Crippen molar-refractivity contribution in [2.24, 2.45) is 0 Å². The highest BCUT2D eigenvalue weighted by molar-refractivity contribution is 7.71. The number of carboxylic acids is 1. The van der Waals surface area contributed by atoms with E-state index in [1.54, 1.807) is 30.3 Å². The van der Waals surface area contributed by atoms with Gasteiger partial charge in [-0.1, -0.05) is 12.1 Å². The molecule has 0 aliphatic carbocycles. The number of H-pyrrole nitrogens is 2. The number of hydrogen-bond acceptors (Lipinski definition) is 6. The maximum Gasteiger partial charge on any atom is 0.341 e. The summed E-state index contributed by atoms with van der Waals surface area (Å²) in [7, 11) is 1.43. The topological polar surface area (TPSA) is 128 Å². The van der Waals surface area contributed by atoms with Gasteiger partial charge in [-0.2, -0.15) is 5.26 Å². The number of nitriles is 1. The largest absolute Gasteiger partial charge is 0.493 e. The fourth-order valence-corrected chi connectivity index (χ4v) is 2.23. The summed E-state index contributed by atoms with van der Waals surface area (Å²) in [6.07, 6.45) is 3.03. The van der Waals surface area contributed by atoms with Crippen molar-refractivity contribution in [1.82, 2.24) is 9.97 Å². The molecule has 0 saturated heterocycles. The van der Waals surface area contributed by atoms with E-state index in [1.807, 2.05) is 0 Å². The van der Waals surface area contributed by atoms with Crippen LogP contribution < -0.4 is 15.0 Å². The fourth-order valence-electron chi connectivity index (χ4n) is 2.03. The standard InChI is InChI=1S/C16H13N3O5S/c1-23-12-4-2-3-9(14(12)24-8-13(20)21)5-6-11-10(7-17)15(22)19-16(25)18-11/h2-6H,8H2,1H3,(H,20,21)(H2,18,19,22,25)/b6-5+. The Balaban J connectivity index is 2.49. The SMILES string of the molecule is COc1cccc(/C=C/c2[nH]c(=S)[nH]c(=O)c2C#N)c1OCC(=O)O. The van der Waals surface area contributed by atoms with E-state index >= 15 is 0 Å². The molecule has 0 unspecified atom stereocenters. The van der Waals surface area contributed by atoms with Crippen LogP contribution in [0.2, 0.25) is 0 Å². The number of hydrogen-bond donors (Lipinski definition) is 3. The predicted molar refractivity (Wildman–Crippen MR) is 92.0 cm³/mol. The molecular weight excluding hydrogens is 346 g/mol. The second kappa shape index (κ2) is 7.94. The lowest BCUT2D eigenvalue weighted by Gasteiger charge is -2.11. The summed E-state index contributed by atoms with van der Waals surface area (Å²) in [5.41, 5.74) is 0.00647. The number of carbonyl (C=O) groups is 1. The minimum atomic E-state index is -1.13. The van der Waals surface area contributed by atoms with E-state index in [9.17, 15) is 9.59 Å². The molecule has 2 aromatic rings. The zero-order chi connectivity index (χ0) is 18.4. The molecule has 2 rings (SSSR count). The van der Waals surface area contributed by atoms with Crippen LogP contribution in [0.1, 0.15) is 16.8 Å². The molecule has 0 atom stereocenters. The first-order chi connectivity index (χ1) is 12.0. The average molecular weight is 359 g/mol. The van der Waals surface area contributed by atoms with Crippen molar-refractivity contribution in [1.29, 1.82) is 5.26 Å². The minimum absolute atomic E-state index is 0.0802. The van der Waals surface area contributed by atoms with Crippen molar-refractivity contribution >= 4 is 30.3 Å². The van der Waals surface area contributed by atoms with Gasteiger partial charge in [0.1, 0.15) is 11.6 Å². The molecule has 0 amide bonds. The van der Waals surface area contributed by atoms with E-state index in [1.165, 1.54) is 13.2 Å². The first kappa shape index (κ1) is 18.0. The Hall–Kier alpha value is -3.38. The van der Waals surface area contributed by atoms with Crippen LogP contribution in [0.4, 0.5) is 0 Å². The third-order valence-corrected chi connectivity index (χ3v) is 3.29. The summed E-state index contributed by atoms with van der Waals surface area (Å²) < 4.78 is 10.5. The van der Waals surface area contributed by atoms with Crippen LogP contribution >= 0.6 is 12.2 Å². The Bertz CT molecular complexity index is 984. The number of nitrogens with one attached hydrogen (secondary N) is 2. The molecule has 1 heterocycles. The number of para-hydroxylation sites is 1. The fraction of sp³-hybridized carbons (Fsp3) is 0.125. The first-order valence-electron chi connectivity index (χ1n) is 6.92. The van der Waals surface area contributed by atoms with Crippen molar-refractivity contribution < 1.29 is 19.4 Å². The molecule has 0 spiro atoms. The minimum Gasteiger partial charge on any atom is -0.493 e. The van der Waals surface area contributed by atoms with Crippen molar-refractivity contribution in [2.45, 2.75) is 0 Å². The van der Waals surface area contributed by atoms with Crippen LogP contribution in [0.5, 0.6) is 11.5 Å². The number of benzene rings is 1. The molecule has 0 radical (unpaired) electrons. The molecule has 0 bridgehead atoms. The van der Waals surface area contributed by atoms with E-state index in [0.717, 1.165) is 0 Å². The van der Waals surface area contributed by atoms with Crippen LogP contribution in [-0.4, -0.2) is 34.8 Å². The van der Waals surface area contributed by atoms with E-state index in [0.29, 0.717) is 11.3 Å². The highest BCUT2D eigenvalue weighted by Crippen LogP contribution is 2.32. The lowest BCUT2D eigenvalue weighted by Crippen LogP contribution is -2.13. The van der Waals surface area contributed by atoms with Crippen LogP contribution in [-0.2, 0) is 4.79 Å². The van der Waals surface area contributed by atoms with Crippen LogP contribution in [0, 0.1) is 16.1 Å². The van der Waals surface area contributed by atoms with Crippen molar-refractivity contribution in [2.75, 3.05) is 13.7 Å². The van der Waals surface area contributed by atoms with Gasteiger partial charge in [0.25, 0.3) is 5.56 Å². The third-order valence-electron chi connectivity index (χ3n) is 3.08. The van der Waals surface area contributed by atoms with Gasteiger partial charge >= 0.3 is 5.97 Å². The quantitative estimate of drug-likeness (QED) is 0.672. The number of rotatable bonds is 6. The summed E-state index contributed by atoms with van der Waals surface area (Å²) >= 11 is 4.90. The van der Waals surface area contributed by atoms with E-state index in [2.05, 4.69) is 9.97 Å². The lowest BCUT2D eigenvalue weighted by atomic mass is 10.1. The lowest BCUT2D eigenvalue weighted by molar-refractivity contribution is -0.139. The Morgan fingerprint density at radius 1 is 1.40 bits per heavy atom. The normalized spacial score (nSPS) is 10.4. The molecule has 0 aliphatic rings. The Kier molecular flexibility index (Phi) is 5.71. The predicted octanol–water partition coefficient (Wildman–Crippen LogP) is 1.95. The molecule has 8 nitrogen and oxygen atoms in total. The van der Waals surface area contributed by atoms with E-state index in [-0.39, 0.29) is 21.8 Å². The van der Waals surface area contributed by atoms with Crippen LogP contribution in [0.15, 0.2) is 23.0 Å². The zero-order valence-electron chi connectivity index (χ0n) is 13.0. The van der Waals surface area contributed by atoms with Crippen molar-refractivity contribution in [3.8, 4) is 17.6 Å². The molecule has 1 aromatic heterocycles. The van der Waals surface area contributed by atoms with Gasteiger partial charge in [-0.25, -0.2) is 4.79 Å². The molecule has 25 heavy (non-hydrogen) atoms. The third kappa shape index (κ3) is 4.33. The Morgan fingerprint density at radius 3 is 2.80 bits per heavy atom. The first-order valence-corrected chi connectivity index (χ1v) is 7.33. The molecule has 128 valence electrons. The summed E-state index contributed by atoms with van der Waals surface area (Å²) in [5.74, 6) is -0.556. The van der Waals surface area contributed by atoms with Crippen molar-refractivity contribution in [3.63, 3.8) is 0 Å². The maximum absolute atomic E-state index is 11.7. The zero-order valence-corrected chi connectivity index (χ0v) is 13.8. The average Bonchev–Trinajstić information content (AvgIpc) is 2.57. The highest BCUT2D eigenvalue weighted by atomic mass is 32.1. The second-order valence-corrected chi connectivity index (χ2v) is 5.11. The maximum atomic E-state index is 11.7. The molecule has 3 N–H and O–H groups in total. The van der Waals surface area contributed by atoms with Crippen molar-refractivity contribution in [3.05, 3.63) is 50.1 Å². The molecule has 0 fully saturated rings. The number of aliphatic carboxylic acids is 1. The summed E-state index contributed by atoms with van der Waals surface area (Å²) in [6, 6.07) is 6.78. The molecule has 0 saturated carbocycles. The summed E-state index contributed by atoms with van der Waals surface area (Å²) in [4.78, 5) is 27.5. The second-order valence-electron chi connectivity index (χ2n) is 4.70. The molecular formula is C16H13N3O5S. The smallest absolute Gasteiger partial charge is 0.341 e. The van der Waals surface area contributed by atoms with E-state index in [4.69, 9.17) is 32.1 Å².